The Bertz CT molecular complexity index is 486. The summed E-state index contributed by atoms with van der Waals surface area (Å²) in [5.74, 6) is 1.60. The molecule has 1 amide bonds. The van der Waals surface area contributed by atoms with Gasteiger partial charge in [-0.25, -0.2) is 0 Å². The molecule has 1 heterocycles. The van der Waals surface area contributed by atoms with Crippen LogP contribution in [0.1, 0.15) is 37.7 Å². The number of hydrogen-bond donors (Lipinski definition) is 1. The smallest absolute Gasteiger partial charge is 0.260 e. The van der Waals surface area contributed by atoms with Gasteiger partial charge in [0, 0.05) is 19.1 Å². The number of fused-ring (bicyclic) bond motifs is 1. The van der Waals surface area contributed by atoms with Crippen LogP contribution < -0.4 is 10.5 Å². The third kappa shape index (κ3) is 3.21. The molecule has 2 N–H and O–H groups in total. The monoisotopic (exact) mass is 288 g/mol. The second-order valence-electron chi connectivity index (χ2n) is 6.12. The molecule has 1 aliphatic carbocycles. The molecule has 1 saturated heterocycles. The van der Waals surface area contributed by atoms with Gasteiger partial charge in [-0.1, -0.05) is 25.0 Å². The fourth-order valence-corrected chi connectivity index (χ4v) is 3.67. The van der Waals surface area contributed by atoms with Crippen LogP contribution in [0.2, 0.25) is 0 Å². The molecule has 0 bridgehead atoms. The molecule has 1 saturated carbocycles. The lowest BCUT2D eigenvalue weighted by molar-refractivity contribution is -0.134. The van der Waals surface area contributed by atoms with Crippen molar-refractivity contribution in [2.75, 3.05) is 13.2 Å². The first-order valence-corrected chi connectivity index (χ1v) is 7.99. The van der Waals surface area contributed by atoms with E-state index in [9.17, 15) is 4.79 Å². The summed E-state index contributed by atoms with van der Waals surface area (Å²) in [7, 11) is 0. The Morgan fingerprint density at radius 3 is 2.71 bits per heavy atom. The number of ether oxygens (including phenoxy) is 1. The summed E-state index contributed by atoms with van der Waals surface area (Å²) in [4.78, 5) is 14.4. The van der Waals surface area contributed by atoms with Crippen LogP contribution in [-0.4, -0.2) is 30.0 Å². The topological polar surface area (TPSA) is 55.6 Å². The van der Waals surface area contributed by atoms with E-state index >= 15 is 0 Å². The number of carbonyl (C=O) groups excluding carboxylic acids is 1. The number of rotatable bonds is 4. The average molecular weight is 288 g/mol. The van der Waals surface area contributed by atoms with E-state index in [1.807, 2.05) is 24.3 Å². The molecule has 1 aromatic rings. The third-order valence-electron chi connectivity index (χ3n) is 4.85. The van der Waals surface area contributed by atoms with Crippen LogP contribution in [0.5, 0.6) is 5.75 Å². The van der Waals surface area contributed by atoms with E-state index in [0.29, 0.717) is 12.6 Å². The maximum absolute atomic E-state index is 12.4. The van der Waals surface area contributed by atoms with E-state index in [1.54, 1.807) is 0 Å². The fourth-order valence-electron chi connectivity index (χ4n) is 3.67. The minimum atomic E-state index is 0.132. The quantitative estimate of drug-likeness (QED) is 0.925. The van der Waals surface area contributed by atoms with E-state index in [1.165, 1.54) is 32.1 Å². The van der Waals surface area contributed by atoms with E-state index in [4.69, 9.17) is 10.5 Å². The molecular weight excluding hydrogens is 264 g/mol. The highest BCUT2D eigenvalue weighted by atomic mass is 16.5. The Balaban J connectivity index is 1.53. The molecule has 2 aliphatic rings. The van der Waals surface area contributed by atoms with Gasteiger partial charge in [0.05, 0.1) is 0 Å². The van der Waals surface area contributed by atoms with E-state index < -0.39 is 0 Å². The van der Waals surface area contributed by atoms with Gasteiger partial charge in [0.1, 0.15) is 5.75 Å². The predicted octanol–water partition coefficient (Wildman–Crippen LogP) is 2.32. The molecule has 0 spiro atoms. The molecule has 114 valence electrons. The molecule has 2 fully saturated rings. The minimum absolute atomic E-state index is 0.132. The number of nitrogens with zero attached hydrogens (tertiary/aromatic N) is 1. The number of benzene rings is 1. The molecule has 4 nitrogen and oxygen atoms in total. The normalized spacial score (nSPS) is 24.7. The van der Waals surface area contributed by atoms with Crippen LogP contribution in [0.3, 0.4) is 0 Å². The molecule has 0 radical (unpaired) electrons. The van der Waals surface area contributed by atoms with Gasteiger partial charge in [0.2, 0.25) is 0 Å². The highest BCUT2D eigenvalue weighted by Gasteiger charge is 2.38. The fraction of sp³-hybridized carbons (Fsp3) is 0.588. The molecule has 0 aromatic heterocycles. The maximum Gasteiger partial charge on any atom is 0.260 e. The lowest BCUT2D eigenvalue weighted by Crippen LogP contribution is -2.41. The summed E-state index contributed by atoms with van der Waals surface area (Å²) in [5.41, 5.74) is 6.63. The summed E-state index contributed by atoms with van der Waals surface area (Å²) >= 11 is 0. The van der Waals surface area contributed by atoms with E-state index in [-0.39, 0.29) is 12.5 Å². The van der Waals surface area contributed by atoms with Crippen LogP contribution >= 0.6 is 0 Å². The summed E-state index contributed by atoms with van der Waals surface area (Å²) in [6.45, 7) is 1.57. The highest BCUT2D eigenvalue weighted by Crippen LogP contribution is 2.36. The first kappa shape index (κ1) is 14.4. The van der Waals surface area contributed by atoms with Gasteiger partial charge in [-0.3, -0.25) is 4.79 Å². The van der Waals surface area contributed by atoms with Crippen LogP contribution in [0, 0.1) is 5.92 Å². The van der Waals surface area contributed by atoms with Crippen molar-refractivity contribution in [3.05, 3.63) is 29.8 Å². The number of carbonyl (C=O) groups is 1. The number of amides is 1. The number of hydrogen-bond acceptors (Lipinski definition) is 3. The van der Waals surface area contributed by atoms with Crippen molar-refractivity contribution in [2.24, 2.45) is 11.7 Å². The lowest BCUT2D eigenvalue weighted by Gasteiger charge is -2.31. The van der Waals surface area contributed by atoms with Crippen molar-refractivity contribution in [1.82, 2.24) is 4.90 Å². The molecule has 3 rings (SSSR count). The number of likely N-dealkylation sites (tertiary alicyclic amines) is 1. The maximum atomic E-state index is 12.4. The first-order valence-electron chi connectivity index (χ1n) is 7.99. The Labute approximate surface area is 126 Å². The second kappa shape index (κ2) is 6.48. The Hall–Kier alpha value is -1.55. The summed E-state index contributed by atoms with van der Waals surface area (Å²) in [5, 5.41) is 0. The van der Waals surface area contributed by atoms with Crippen LogP contribution in [-0.2, 0) is 11.3 Å². The largest absolute Gasteiger partial charge is 0.484 e. The van der Waals surface area contributed by atoms with E-state index in [2.05, 4.69) is 4.90 Å². The Morgan fingerprint density at radius 2 is 1.95 bits per heavy atom. The standard InChI is InChI=1S/C17H24N2O2/c18-11-13-5-7-15(8-6-13)21-12-17(20)19-10-9-14-3-1-2-4-16(14)19/h5-8,14,16H,1-4,9-12,18H2. The van der Waals surface area contributed by atoms with Crippen molar-refractivity contribution in [3.63, 3.8) is 0 Å². The van der Waals surface area contributed by atoms with Crippen molar-refractivity contribution in [2.45, 2.75) is 44.7 Å². The predicted molar refractivity (Wildman–Crippen MR) is 81.9 cm³/mol. The zero-order valence-electron chi connectivity index (χ0n) is 12.5. The van der Waals surface area contributed by atoms with Crippen LogP contribution in [0.4, 0.5) is 0 Å². The van der Waals surface area contributed by atoms with Crippen molar-refractivity contribution in [1.29, 1.82) is 0 Å². The average Bonchev–Trinajstić information content (AvgIpc) is 2.97. The first-order chi connectivity index (χ1) is 10.3. The van der Waals surface area contributed by atoms with Gasteiger partial charge < -0.3 is 15.4 Å². The summed E-state index contributed by atoms with van der Waals surface area (Å²) < 4.78 is 5.63. The van der Waals surface area contributed by atoms with Gasteiger partial charge in [-0.05, 0) is 42.9 Å². The minimum Gasteiger partial charge on any atom is -0.484 e. The van der Waals surface area contributed by atoms with Crippen molar-refractivity contribution >= 4 is 5.91 Å². The van der Waals surface area contributed by atoms with Crippen molar-refractivity contribution < 1.29 is 9.53 Å². The summed E-state index contributed by atoms with van der Waals surface area (Å²) in [6.07, 6.45) is 6.21. The molecule has 4 heteroatoms. The third-order valence-corrected chi connectivity index (χ3v) is 4.85. The number of nitrogens with two attached hydrogens (primary N) is 1. The zero-order valence-corrected chi connectivity index (χ0v) is 12.5. The molecular formula is C17H24N2O2. The van der Waals surface area contributed by atoms with Crippen LogP contribution in [0.15, 0.2) is 24.3 Å². The molecule has 1 aromatic carbocycles. The molecule has 2 unspecified atom stereocenters. The van der Waals surface area contributed by atoms with Gasteiger partial charge in [-0.2, -0.15) is 0 Å². The second-order valence-corrected chi connectivity index (χ2v) is 6.12. The highest BCUT2D eigenvalue weighted by molar-refractivity contribution is 5.78. The van der Waals surface area contributed by atoms with Gasteiger partial charge in [-0.15, -0.1) is 0 Å². The van der Waals surface area contributed by atoms with E-state index in [0.717, 1.165) is 23.8 Å². The lowest BCUT2D eigenvalue weighted by atomic mass is 9.85. The molecule has 1 aliphatic heterocycles. The van der Waals surface area contributed by atoms with Gasteiger partial charge >= 0.3 is 0 Å². The molecule has 21 heavy (non-hydrogen) atoms. The molecule has 2 atom stereocenters. The van der Waals surface area contributed by atoms with Gasteiger partial charge in [0.15, 0.2) is 6.61 Å². The summed E-state index contributed by atoms with van der Waals surface area (Å²) in [6, 6.07) is 8.10. The van der Waals surface area contributed by atoms with Gasteiger partial charge in [0.25, 0.3) is 5.91 Å². The SMILES string of the molecule is NCc1ccc(OCC(=O)N2CCC3CCCCC32)cc1. The Morgan fingerprint density at radius 1 is 1.19 bits per heavy atom. The Kier molecular flexibility index (Phi) is 4.44. The van der Waals surface area contributed by atoms with Crippen LogP contribution in [0.25, 0.3) is 0 Å². The van der Waals surface area contributed by atoms with Crippen molar-refractivity contribution in [3.8, 4) is 5.75 Å². The zero-order chi connectivity index (χ0) is 14.7.